The van der Waals surface area contributed by atoms with E-state index in [1.165, 1.54) is 7.11 Å². The highest BCUT2D eigenvalue weighted by Crippen LogP contribution is 2.46. The molecule has 1 heterocycles. The molecule has 0 saturated heterocycles. The molecule has 2 rings (SSSR count). The molecule has 124 valence electrons. The van der Waals surface area contributed by atoms with Gasteiger partial charge in [0.15, 0.2) is 11.5 Å². The molecule has 8 nitrogen and oxygen atoms in total. The van der Waals surface area contributed by atoms with Crippen molar-refractivity contribution in [2.24, 2.45) is 0 Å². The Labute approximate surface area is 134 Å². The third-order valence-corrected chi connectivity index (χ3v) is 3.40. The van der Waals surface area contributed by atoms with E-state index in [0.717, 1.165) is 5.56 Å². The molecule has 0 unspecified atom stereocenters. The summed E-state index contributed by atoms with van der Waals surface area (Å²) in [5.74, 6) is 2.48. The Morgan fingerprint density at radius 2 is 1.57 bits per heavy atom. The maximum atomic E-state index is 5.91. The summed E-state index contributed by atoms with van der Waals surface area (Å²) in [5.41, 5.74) is 12.9. The molecule has 1 aromatic carbocycles. The SMILES string of the molecule is COc1cc(OC)c(OC)c(OC)c1Cc1cnc(N)nc1N. The van der Waals surface area contributed by atoms with Gasteiger partial charge in [0.2, 0.25) is 11.7 Å². The van der Waals surface area contributed by atoms with Crippen molar-refractivity contribution < 1.29 is 18.9 Å². The molecule has 0 spiro atoms. The fourth-order valence-corrected chi connectivity index (χ4v) is 2.30. The van der Waals surface area contributed by atoms with Gasteiger partial charge in [-0.3, -0.25) is 0 Å². The second kappa shape index (κ2) is 6.91. The van der Waals surface area contributed by atoms with Gasteiger partial charge in [0, 0.05) is 29.8 Å². The van der Waals surface area contributed by atoms with E-state index in [1.54, 1.807) is 33.6 Å². The standard InChI is InChI=1S/C15H20N4O4/c1-20-10-6-11(21-2)13(23-4)12(22-3)9(10)5-8-7-18-15(17)19-14(8)16/h6-7H,5H2,1-4H3,(H4,16,17,18,19). The van der Waals surface area contributed by atoms with Gasteiger partial charge in [-0.25, -0.2) is 4.98 Å². The van der Waals surface area contributed by atoms with Crippen LogP contribution in [0.1, 0.15) is 11.1 Å². The third kappa shape index (κ3) is 3.15. The summed E-state index contributed by atoms with van der Waals surface area (Å²) in [5, 5.41) is 0. The van der Waals surface area contributed by atoms with E-state index >= 15 is 0 Å². The summed E-state index contributed by atoms with van der Waals surface area (Å²) in [4.78, 5) is 7.94. The Morgan fingerprint density at radius 3 is 2.09 bits per heavy atom. The molecule has 4 N–H and O–H groups in total. The Balaban J connectivity index is 2.59. The van der Waals surface area contributed by atoms with Gasteiger partial charge in [0.1, 0.15) is 11.6 Å². The van der Waals surface area contributed by atoms with Gasteiger partial charge in [0.25, 0.3) is 0 Å². The van der Waals surface area contributed by atoms with Crippen LogP contribution in [-0.4, -0.2) is 38.4 Å². The Kier molecular flexibility index (Phi) is 4.95. The Morgan fingerprint density at radius 1 is 0.913 bits per heavy atom. The van der Waals surface area contributed by atoms with E-state index in [-0.39, 0.29) is 5.95 Å². The molecule has 0 fully saturated rings. The second-order valence-electron chi connectivity index (χ2n) is 4.64. The van der Waals surface area contributed by atoms with Crippen LogP contribution in [0.25, 0.3) is 0 Å². The molecule has 0 amide bonds. The lowest BCUT2D eigenvalue weighted by molar-refractivity contribution is 0.315. The summed E-state index contributed by atoms with van der Waals surface area (Å²) >= 11 is 0. The van der Waals surface area contributed by atoms with E-state index in [4.69, 9.17) is 30.4 Å². The number of benzene rings is 1. The minimum absolute atomic E-state index is 0.123. The van der Waals surface area contributed by atoms with Crippen LogP contribution in [0, 0.1) is 0 Å². The van der Waals surface area contributed by atoms with Gasteiger partial charge in [0.05, 0.1) is 28.4 Å². The van der Waals surface area contributed by atoms with E-state index in [0.29, 0.717) is 40.8 Å². The monoisotopic (exact) mass is 320 g/mol. The summed E-state index contributed by atoms with van der Waals surface area (Å²) in [7, 11) is 6.19. The maximum Gasteiger partial charge on any atom is 0.221 e. The Hall–Kier alpha value is -2.90. The fraction of sp³-hybridized carbons (Fsp3) is 0.333. The van der Waals surface area contributed by atoms with Gasteiger partial charge < -0.3 is 30.4 Å². The van der Waals surface area contributed by atoms with E-state index < -0.39 is 0 Å². The summed E-state index contributed by atoms with van der Waals surface area (Å²) < 4.78 is 21.7. The predicted molar refractivity (Wildman–Crippen MR) is 86.3 cm³/mol. The quantitative estimate of drug-likeness (QED) is 0.817. The van der Waals surface area contributed by atoms with Gasteiger partial charge in [-0.1, -0.05) is 0 Å². The first kappa shape index (κ1) is 16.5. The van der Waals surface area contributed by atoms with E-state index in [1.807, 2.05) is 0 Å². The van der Waals surface area contributed by atoms with Crippen LogP contribution < -0.4 is 30.4 Å². The molecule has 0 bridgehead atoms. The number of nitrogens with zero attached hydrogens (tertiary/aromatic N) is 2. The third-order valence-electron chi connectivity index (χ3n) is 3.40. The molecule has 0 saturated carbocycles. The molecular weight excluding hydrogens is 300 g/mol. The summed E-state index contributed by atoms with van der Waals surface area (Å²) in [6.07, 6.45) is 1.96. The highest BCUT2D eigenvalue weighted by atomic mass is 16.5. The minimum Gasteiger partial charge on any atom is -0.496 e. The minimum atomic E-state index is 0.123. The van der Waals surface area contributed by atoms with Crippen molar-refractivity contribution >= 4 is 11.8 Å². The number of ether oxygens (including phenoxy) is 4. The van der Waals surface area contributed by atoms with Crippen molar-refractivity contribution in [2.75, 3.05) is 39.9 Å². The summed E-state index contributed by atoms with van der Waals surface area (Å²) in [6.45, 7) is 0. The normalized spacial score (nSPS) is 10.3. The van der Waals surface area contributed by atoms with Gasteiger partial charge in [-0.2, -0.15) is 4.98 Å². The average Bonchev–Trinajstić information content (AvgIpc) is 2.56. The Bertz CT molecular complexity index is 706. The lowest BCUT2D eigenvalue weighted by Gasteiger charge is -2.19. The number of methoxy groups -OCH3 is 4. The van der Waals surface area contributed by atoms with Crippen LogP contribution in [0.4, 0.5) is 11.8 Å². The second-order valence-corrected chi connectivity index (χ2v) is 4.64. The molecule has 0 aliphatic carbocycles. The smallest absolute Gasteiger partial charge is 0.221 e. The van der Waals surface area contributed by atoms with Crippen molar-refractivity contribution in [3.05, 3.63) is 23.4 Å². The van der Waals surface area contributed by atoms with Crippen LogP contribution >= 0.6 is 0 Å². The lowest BCUT2D eigenvalue weighted by Crippen LogP contribution is -2.07. The molecule has 0 aliphatic rings. The molecule has 0 radical (unpaired) electrons. The number of aromatic nitrogens is 2. The number of nitrogens with two attached hydrogens (primary N) is 2. The van der Waals surface area contributed by atoms with Gasteiger partial charge in [-0.05, 0) is 0 Å². The summed E-state index contributed by atoms with van der Waals surface area (Å²) in [6, 6.07) is 1.73. The zero-order valence-corrected chi connectivity index (χ0v) is 13.5. The van der Waals surface area contributed by atoms with Crippen LogP contribution in [0.5, 0.6) is 23.0 Å². The van der Waals surface area contributed by atoms with E-state index in [9.17, 15) is 0 Å². The number of rotatable bonds is 6. The first-order chi connectivity index (χ1) is 11.0. The largest absolute Gasteiger partial charge is 0.496 e. The van der Waals surface area contributed by atoms with Crippen LogP contribution in [0.2, 0.25) is 0 Å². The van der Waals surface area contributed by atoms with Gasteiger partial charge in [-0.15, -0.1) is 0 Å². The predicted octanol–water partition coefficient (Wildman–Crippen LogP) is 1.27. The molecule has 1 aromatic heterocycles. The molecule has 0 aliphatic heterocycles. The first-order valence-electron chi connectivity index (χ1n) is 6.78. The highest BCUT2D eigenvalue weighted by molar-refractivity contribution is 5.63. The zero-order valence-electron chi connectivity index (χ0n) is 13.5. The van der Waals surface area contributed by atoms with Crippen molar-refractivity contribution in [1.82, 2.24) is 9.97 Å². The van der Waals surface area contributed by atoms with Crippen molar-refractivity contribution in [3.8, 4) is 23.0 Å². The van der Waals surface area contributed by atoms with E-state index in [2.05, 4.69) is 9.97 Å². The van der Waals surface area contributed by atoms with Crippen LogP contribution in [-0.2, 0) is 6.42 Å². The fourth-order valence-electron chi connectivity index (χ4n) is 2.30. The van der Waals surface area contributed by atoms with Crippen molar-refractivity contribution in [2.45, 2.75) is 6.42 Å². The molecular formula is C15H20N4O4. The molecule has 23 heavy (non-hydrogen) atoms. The lowest BCUT2D eigenvalue weighted by atomic mass is 10.0. The number of hydrogen-bond acceptors (Lipinski definition) is 8. The highest BCUT2D eigenvalue weighted by Gasteiger charge is 2.22. The maximum absolute atomic E-state index is 5.91. The first-order valence-corrected chi connectivity index (χ1v) is 6.78. The van der Waals surface area contributed by atoms with Crippen molar-refractivity contribution in [3.63, 3.8) is 0 Å². The zero-order chi connectivity index (χ0) is 17.0. The number of hydrogen-bond donors (Lipinski definition) is 2. The number of anilines is 2. The number of nitrogen functional groups attached to an aromatic ring is 2. The van der Waals surface area contributed by atoms with Crippen LogP contribution in [0.3, 0.4) is 0 Å². The average molecular weight is 320 g/mol. The van der Waals surface area contributed by atoms with Crippen LogP contribution in [0.15, 0.2) is 12.3 Å². The molecule has 8 heteroatoms. The van der Waals surface area contributed by atoms with Gasteiger partial charge >= 0.3 is 0 Å². The molecule has 2 aromatic rings. The topological polar surface area (TPSA) is 115 Å². The van der Waals surface area contributed by atoms with Crippen molar-refractivity contribution in [1.29, 1.82) is 0 Å². The molecule has 0 atom stereocenters.